The first-order valence-electron chi connectivity index (χ1n) is 8.98. The van der Waals surface area contributed by atoms with Crippen LogP contribution < -0.4 is 10.9 Å². The fourth-order valence-corrected chi connectivity index (χ4v) is 2.58. The van der Waals surface area contributed by atoms with E-state index < -0.39 is 29.1 Å². The normalized spacial score (nSPS) is 11.2. The van der Waals surface area contributed by atoms with E-state index in [-0.39, 0.29) is 22.9 Å². The number of terminal acetylenes is 1. The number of aromatic amines is 1. The molecule has 1 amide bonds. The van der Waals surface area contributed by atoms with Crippen LogP contribution in [0.3, 0.4) is 0 Å². The highest BCUT2D eigenvalue weighted by Gasteiger charge is 2.15. The van der Waals surface area contributed by atoms with Crippen molar-refractivity contribution in [1.29, 1.82) is 0 Å². The van der Waals surface area contributed by atoms with E-state index in [1.165, 1.54) is 12.1 Å². The van der Waals surface area contributed by atoms with E-state index in [0.29, 0.717) is 11.4 Å². The van der Waals surface area contributed by atoms with Gasteiger partial charge in [-0.05, 0) is 43.2 Å². The van der Waals surface area contributed by atoms with E-state index in [1.807, 2.05) is 13.8 Å². The molecular formula is C21H20F2N4O2. The van der Waals surface area contributed by atoms with Gasteiger partial charge < -0.3 is 10.3 Å². The predicted octanol–water partition coefficient (Wildman–Crippen LogP) is 3.02. The van der Waals surface area contributed by atoms with Crippen LogP contribution in [0.15, 0.2) is 35.1 Å². The predicted molar refractivity (Wildman–Crippen MR) is 106 cm³/mol. The van der Waals surface area contributed by atoms with Crippen molar-refractivity contribution in [2.45, 2.75) is 33.2 Å². The van der Waals surface area contributed by atoms with E-state index >= 15 is 0 Å². The Labute approximate surface area is 166 Å². The van der Waals surface area contributed by atoms with Gasteiger partial charge in [0.05, 0.1) is 23.7 Å². The van der Waals surface area contributed by atoms with E-state index in [0.717, 1.165) is 6.07 Å². The number of carbonyl (C=O) groups is 1. The monoisotopic (exact) mass is 398 g/mol. The van der Waals surface area contributed by atoms with Crippen molar-refractivity contribution < 1.29 is 13.6 Å². The summed E-state index contributed by atoms with van der Waals surface area (Å²) in [4.78, 5) is 26.8. The fourth-order valence-electron chi connectivity index (χ4n) is 2.58. The third-order valence-corrected chi connectivity index (χ3v) is 4.00. The molecule has 6 nitrogen and oxygen atoms in total. The molecule has 0 saturated heterocycles. The number of nitrogens with one attached hydrogen (secondary N) is 2. The first-order valence-corrected chi connectivity index (χ1v) is 8.98. The van der Waals surface area contributed by atoms with Crippen LogP contribution in [0, 0.1) is 24.0 Å². The second kappa shape index (κ2) is 9.55. The third-order valence-electron chi connectivity index (χ3n) is 4.00. The van der Waals surface area contributed by atoms with Crippen LogP contribution in [-0.2, 0) is 11.2 Å². The van der Waals surface area contributed by atoms with Crippen LogP contribution in [0.2, 0.25) is 0 Å². The van der Waals surface area contributed by atoms with Crippen molar-refractivity contribution in [3.8, 4) is 12.3 Å². The molecule has 150 valence electrons. The second-order valence-electron chi connectivity index (χ2n) is 5.90. The zero-order valence-electron chi connectivity index (χ0n) is 16.2. The van der Waals surface area contributed by atoms with Crippen molar-refractivity contribution in [3.05, 3.63) is 69.3 Å². The molecule has 1 atom stereocenters. The van der Waals surface area contributed by atoms with E-state index in [4.69, 9.17) is 6.42 Å². The van der Waals surface area contributed by atoms with E-state index in [9.17, 15) is 18.4 Å². The summed E-state index contributed by atoms with van der Waals surface area (Å²) in [7, 11) is 0. The highest BCUT2D eigenvalue weighted by Crippen LogP contribution is 2.18. The summed E-state index contributed by atoms with van der Waals surface area (Å²) >= 11 is 0. The molecule has 0 spiro atoms. The Kier molecular flexibility index (Phi) is 7.15. The largest absolute Gasteiger partial charge is 0.348 e. The standard InChI is InChI=1S/C19H14F2N4O2.C2H6/c1-3-12-4-6-15(25-24-12)10(2)22-17(26)9-11-8-13-16(23-19(11)27)7-5-14(20)18(13)21;1-2/h1,4-8,10H,9H2,2H3,(H,22,26)(H,23,27);1-2H3. The van der Waals surface area contributed by atoms with Gasteiger partial charge in [0.15, 0.2) is 11.6 Å². The number of H-pyrrole nitrogens is 1. The van der Waals surface area contributed by atoms with Gasteiger partial charge in [-0.1, -0.05) is 13.8 Å². The minimum absolute atomic E-state index is 0.0189. The van der Waals surface area contributed by atoms with Gasteiger partial charge in [-0.25, -0.2) is 8.78 Å². The lowest BCUT2D eigenvalue weighted by Gasteiger charge is -2.13. The zero-order chi connectivity index (χ0) is 21.6. The number of nitrogens with zero attached hydrogens (tertiary/aromatic N) is 2. The summed E-state index contributed by atoms with van der Waals surface area (Å²) in [5, 5.41) is 10.3. The average molecular weight is 398 g/mol. The van der Waals surface area contributed by atoms with Gasteiger partial charge in [0.1, 0.15) is 5.69 Å². The summed E-state index contributed by atoms with van der Waals surface area (Å²) in [6.07, 6.45) is 4.91. The first kappa shape index (κ1) is 21.7. The minimum Gasteiger partial charge on any atom is -0.348 e. The zero-order valence-corrected chi connectivity index (χ0v) is 16.2. The van der Waals surface area contributed by atoms with Crippen molar-refractivity contribution in [1.82, 2.24) is 20.5 Å². The molecule has 0 aliphatic carbocycles. The Morgan fingerprint density at radius 2 is 1.97 bits per heavy atom. The molecule has 8 heteroatoms. The van der Waals surface area contributed by atoms with Crippen LogP contribution in [0.4, 0.5) is 8.78 Å². The minimum atomic E-state index is -1.08. The van der Waals surface area contributed by atoms with Gasteiger partial charge in [0, 0.05) is 10.9 Å². The summed E-state index contributed by atoms with van der Waals surface area (Å²) in [6, 6.07) is 6.11. The summed E-state index contributed by atoms with van der Waals surface area (Å²) in [5.74, 6) is -0.256. The SMILES string of the molecule is C#Cc1ccc(C(C)NC(=O)Cc2cc3c(F)c(F)ccc3[nH]c2=O)nn1.CC. The Balaban J connectivity index is 0.00000145. The number of rotatable bonds is 4. The summed E-state index contributed by atoms with van der Waals surface area (Å²) in [5.41, 5.74) is 0.484. The van der Waals surface area contributed by atoms with E-state index in [2.05, 4.69) is 26.4 Å². The highest BCUT2D eigenvalue weighted by molar-refractivity contribution is 5.83. The second-order valence-corrected chi connectivity index (χ2v) is 5.90. The Hall–Kier alpha value is -3.60. The summed E-state index contributed by atoms with van der Waals surface area (Å²) in [6.45, 7) is 5.69. The molecule has 0 radical (unpaired) electrons. The molecule has 2 heterocycles. The van der Waals surface area contributed by atoms with Gasteiger partial charge in [0.2, 0.25) is 5.91 Å². The molecule has 0 aliphatic rings. The molecule has 3 aromatic rings. The fraction of sp³-hybridized carbons (Fsp3) is 0.238. The van der Waals surface area contributed by atoms with Crippen LogP contribution in [0.5, 0.6) is 0 Å². The number of fused-ring (bicyclic) bond motifs is 1. The maximum absolute atomic E-state index is 13.9. The molecular weight excluding hydrogens is 378 g/mol. The summed E-state index contributed by atoms with van der Waals surface area (Å²) < 4.78 is 27.3. The van der Waals surface area contributed by atoms with Gasteiger partial charge in [-0.15, -0.1) is 11.5 Å². The molecule has 0 saturated carbocycles. The van der Waals surface area contributed by atoms with Crippen LogP contribution in [0.1, 0.15) is 43.8 Å². The molecule has 1 unspecified atom stereocenters. The average Bonchev–Trinajstić information content (AvgIpc) is 2.73. The smallest absolute Gasteiger partial charge is 0.252 e. The Morgan fingerprint density at radius 3 is 2.59 bits per heavy atom. The topological polar surface area (TPSA) is 87.7 Å². The Morgan fingerprint density at radius 1 is 1.24 bits per heavy atom. The van der Waals surface area contributed by atoms with Gasteiger partial charge in [0.25, 0.3) is 5.56 Å². The molecule has 3 rings (SSSR count). The van der Waals surface area contributed by atoms with E-state index in [1.54, 1.807) is 19.1 Å². The van der Waals surface area contributed by atoms with Crippen molar-refractivity contribution in [3.63, 3.8) is 0 Å². The first-order chi connectivity index (χ1) is 13.9. The molecule has 2 N–H and O–H groups in total. The maximum atomic E-state index is 13.9. The number of hydrogen-bond acceptors (Lipinski definition) is 4. The number of benzene rings is 1. The third kappa shape index (κ3) is 5.02. The van der Waals surface area contributed by atoms with Crippen LogP contribution >= 0.6 is 0 Å². The van der Waals surface area contributed by atoms with Gasteiger partial charge in [-0.2, -0.15) is 5.10 Å². The van der Waals surface area contributed by atoms with Crippen LogP contribution in [-0.4, -0.2) is 21.1 Å². The quantitative estimate of drug-likeness (QED) is 0.662. The Bertz CT molecular complexity index is 1120. The lowest BCUT2D eigenvalue weighted by Crippen LogP contribution is -2.30. The number of aromatic nitrogens is 3. The van der Waals surface area contributed by atoms with Crippen molar-refractivity contribution >= 4 is 16.8 Å². The lowest BCUT2D eigenvalue weighted by atomic mass is 10.1. The number of amides is 1. The van der Waals surface area contributed by atoms with Crippen LogP contribution in [0.25, 0.3) is 10.9 Å². The molecule has 0 fully saturated rings. The number of hydrogen-bond donors (Lipinski definition) is 2. The highest BCUT2D eigenvalue weighted by atomic mass is 19.2. The number of halogens is 2. The molecule has 1 aromatic carbocycles. The van der Waals surface area contributed by atoms with Gasteiger partial charge in [-0.3, -0.25) is 9.59 Å². The molecule has 2 aromatic heterocycles. The van der Waals surface area contributed by atoms with Crippen molar-refractivity contribution in [2.24, 2.45) is 0 Å². The van der Waals surface area contributed by atoms with Crippen molar-refractivity contribution in [2.75, 3.05) is 0 Å². The maximum Gasteiger partial charge on any atom is 0.252 e. The number of pyridine rings is 1. The number of carbonyl (C=O) groups excluding carboxylic acids is 1. The van der Waals surface area contributed by atoms with Gasteiger partial charge >= 0.3 is 0 Å². The molecule has 0 bridgehead atoms. The molecule has 0 aliphatic heterocycles. The molecule has 29 heavy (non-hydrogen) atoms. The lowest BCUT2D eigenvalue weighted by molar-refractivity contribution is -0.121.